The van der Waals surface area contributed by atoms with Crippen molar-refractivity contribution in [2.45, 2.75) is 25.3 Å². The molecule has 98 valence electrons. The second kappa shape index (κ2) is 4.52. The van der Waals surface area contributed by atoms with Gasteiger partial charge in [-0.15, -0.1) is 15.6 Å². The van der Waals surface area contributed by atoms with Crippen molar-refractivity contribution in [3.63, 3.8) is 0 Å². The summed E-state index contributed by atoms with van der Waals surface area (Å²) < 4.78 is 19.2. The van der Waals surface area contributed by atoms with Crippen molar-refractivity contribution in [2.75, 3.05) is 19.0 Å². The van der Waals surface area contributed by atoms with E-state index in [0.29, 0.717) is 24.5 Å². The maximum atomic E-state index is 12.4. The summed E-state index contributed by atoms with van der Waals surface area (Å²) in [7, 11) is 0. The fourth-order valence-electron chi connectivity index (χ4n) is 2.42. The van der Waals surface area contributed by atoms with E-state index in [1.54, 1.807) is 15.6 Å². The zero-order valence-corrected chi connectivity index (χ0v) is 11.8. The summed E-state index contributed by atoms with van der Waals surface area (Å²) in [6.45, 7) is 3.01. The molecule has 0 N–H and O–H groups in total. The monoisotopic (exact) mass is 285 g/mol. The van der Waals surface area contributed by atoms with Crippen LogP contribution in [-0.4, -0.2) is 33.7 Å². The van der Waals surface area contributed by atoms with E-state index in [0.717, 1.165) is 17.7 Å². The molecule has 6 heteroatoms. The quantitative estimate of drug-likeness (QED) is 0.794. The molecular weight excluding hydrogens is 270 g/mol. The molecule has 18 heavy (non-hydrogen) atoms. The average molecular weight is 285 g/mol. The smallest absolute Gasteiger partial charge is 0.297 e. The maximum absolute atomic E-state index is 12.4. The minimum Gasteiger partial charge on any atom is -0.593 e. The van der Waals surface area contributed by atoms with Crippen molar-refractivity contribution in [3.05, 3.63) is 21.9 Å². The molecule has 1 fully saturated rings. The van der Waals surface area contributed by atoms with Crippen LogP contribution < -0.4 is 0 Å². The first-order chi connectivity index (χ1) is 8.70. The Kier molecular flexibility index (Phi) is 3.13. The third-order valence-electron chi connectivity index (χ3n) is 3.45. The molecule has 0 saturated carbocycles. The molecule has 2 aliphatic rings. The van der Waals surface area contributed by atoms with Gasteiger partial charge in [-0.25, -0.2) is 0 Å². The van der Waals surface area contributed by atoms with E-state index in [2.05, 4.69) is 6.92 Å². The summed E-state index contributed by atoms with van der Waals surface area (Å²) in [6, 6.07) is 1.83. The molecule has 0 aliphatic carbocycles. The van der Waals surface area contributed by atoms with Gasteiger partial charge in [-0.2, -0.15) is 0 Å². The first kappa shape index (κ1) is 12.5. The predicted molar refractivity (Wildman–Crippen MR) is 70.9 cm³/mol. The summed E-state index contributed by atoms with van der Waals surface area (Å²) in [5, 5.41) is 1.93. The fraction of sp³-hybridized carbons (Fsp3) is 0.583. The molecule has 1 spiro atoms. The van der Waals surface area contributed by atoms with E-state index in [-0.39, 0.29) is 5.91 Å². The van der Waals surface area contributed by atoms with Crippen LogP contribution in [0.5, 0.6) is 0 Å². The molecule has 1 aromatic heterocycles. The number of amides is 1. The largest absolute Gasteiger partial charge is 0.593 e. The lowest BCUT2D eigenvalue weighted by Gasteiger charge is -2.43. The van der Waals surface area contributed by atoms with Crippen molar-refractivity contribution in [1.82, 2.24) is 4.31 Å². The number of rotatable bonds is 4. The maximum Gasteiger partial charge on any atom is 0.297 e. The normalized spacial score (nSPS) is 22.1. The zero-order chi connectivity index (χ0) is 12.8. The molecule has 2 aliphatic heterocycles. The Hall–Kier alpha value is -0.560. The molecule has 1 saturated heterocycles. The number of nitrogens with zero attached hydrogens (tertiary/aromatic N) is 1. The Morgan fingerprint density at radius 3 is 3.00 bits per heavy atom. The molecule has 1 atom stereocenters. The Morgan fingerprint density at radius 2 is 2.39 bits per heavy atom. The van der Waals surface area contributed by atoms with E-state index in [1.165, 1.54) is 0 Å². The van der Waals surface area contributed by atoms with E-state index in [1.807, 2.05) is 11.4 Å². The lowest BCUT2D eigenvalue weighted by Crippen LogP contribution is -2.59. The Bertz CT molecular complexity index is 470. The molecule has 0 radical (unpaired) electrons. The Labute approximate surface area is 113 Å². The summed E-state index contributed by atoms with van der Waals surface area (Å²) in [5.41, 5.74) is 0.285. The van der Waals surface area contributed by atoms with Crippen molar-refractivity contribution in [2.24, 2.45) is 0 Å². The van der Waals surface area contributed by atoms with Crippen molar-refractivity contribution < 1.29 is 14.1 Å². The summed E-state index contributed by atoms with van der Waals surface area (Å²) in [5.74, 6) is 0.461. The Balaban J connectivity index is 1.91. The highest BCUT2D eigenvalue weighted by Crippen LogP contribution is 2.48. The van der Waals surface area contributed by atoms with Crippen molar-refractivity contribution in [3.8, 4) is 0 Å². The van der Waals surface area contributed by atoms with Crippen molar-refractivity contribution >= 4 is 28.6 Å². The number of hydrogen-bond acceptors (Lipinski definition) is 4. The Morgan fingerprint density at radius 1 is 1.61 bits per heavy atom. The van der Waals surface area contributed by atoms with Crippen LogP contribution in [0.25, 0.3) is 0 Å². The van der Waals surface area contributed by atoms with Gasteiger partial charge in [0.1, 0.15) is 5.75 Å². The van der Waals surface area contributed by atoms with E-state index in [4.69, 9.17) is 4.74 Å². The first-order valence-electron chi connectivity index (χ1n) is 6.09. The molecule has 1 aromatic rings. The highest BCUT2D eigenvalue weighted by atomic mass is 32.2. The lowest BCUT2D eigenvalue weighted by atomic mass is 9.97. The topological polar surface area (TPSA) is 52.6 Å². The molecular formula is C12H15NO3S2. The minimum atomic E-state index is -1.24. The molecule has 3 heterocycles. The molecule has 1 amide bonds. The lowest BCUT2D eigenvalue weighted by molar-refractivity contribution is -0.0985. The second-order valence-electron chi connectivity index (χ2n) is 4.67. The summed E-state index contributed by atoms with van der Waals surface area (Å²) >= 11 is 0.329. The fourth-order valence-corrected chi connectivity index (χ4v) is 5.12. The standard InChI is InChI=1S/C12H15NO3S2/c1-2-3-6-18(15)13-11(14)9-4-5-17-10(9)12(13)7-16-8-12/h4-5H,2-3,6-8H2,1H3. The number of carbonyl (C=O) groups is 1. The van der Waals surface area contributed by atoms with Gasteiger partial charge in [-0.1, -0.05) is 13.3 Å². The molecule has 3 rings (SSSR count). The number of unbranched alkanes of at least 4 members (excludes halogenated alkanes) is 1. The summed E-state index contributed by atoms with van der Waals surface area (Å²) in [4.78, 5) is 13.4. The summed E-state index contributed by atoms with van der Waals surface area (Å²) in [6.07, 6.45) is 1.86. The van der Waals surface area contributed by atoms with Gasteiger partial charge in [0.15, 0.2) is 5.54 Å². The van der Waals surface area contributed by atoms with Gasteiger partial charge in [-0.3, -0.25) is 4.79 Å². The van der Waals surface area contributed by atoms with Crippen molar-refractivity contribution in [1.29, 1.82) is 0 Å². The van der Waals surface area contributed by atoms with Gasteiger partial charge in [0.05, 0.1) is 35.0 Å². The van der Waals surface area contributed by atoms with Crippen LogP contribution in [0.1, 0.15) is 35.0 Å². The van der Waals surface area contributed by atoms with E-state index < -0.39 is 16.9 Å². The number of ether oxygens (including phenoxy) is 1. The third-order valence-corrected chi connectivity index (χ3v) is 6.12. The minimum absolute atomic E-state index is 0.0935. The SMILES string of the molecule is CCCC[S+]([O-])N1C(=O)c2ccsc2C12COC2. The van der Waals surface area contributed by atoms with E-state index in [9.17, 15) is 9.35 Å². The average Bonchev–Trinajstić information content (AvgIpc) is 2.86. The molecule has 0 aromatic carbocycles. The van der Waals surface area contributed by atoms with Crippen LogP contribution in [0.3, 0.4) is 0 Å². The van der Waals surface area contributed by atoms with Gasteiger partial charge >= 0.3 is 0 Å². The second-order valence-corrected chi connectivity index (χ2v) is 7.00. The molecule has 0 bridgehead atoms. The number of carbonyl (C=O) groups excluding carboxylic acids is 1. The van der Waals surface area contributed by atoms with Gasteiger partial charge in [-0.05, 0) is 17.9 Å². The number of thiophene rings is 1. The highest BCUT2D eigenvalue weighted by Gasteiger charge is 2.61. The van der Waals surface area contributed by atoms with E-state index >= 15 is 0 Å². The highest BCUT2D eigenvalue weighted by molar-refractivity contribution is 7.89. The van der Waals surface area contributed by atoms with Gasteiger partial charge in [0, 0.05) is 0 Å². The van der Waals surface area contributed by atoms with Gasteiger partial charge < -0.3 is 9.29 Å². The van der Waals surface area contributed by atoms with Crippen LogP contribution in [-0.2, 0) is 21.6 Å². The van der Waals surface area contributed by atoms with Gasteiger partial charge in [0.25, 0.3) is 5.91 Å². The van der Waals surface area contributed by atoms with Crippen LogP contribution in [0.2, 0.25) is 0 Å². The van der Waals surface area contributed by atoms with Crippen LogP contribution in [0.15, 0.2) is 11.4 Å². The van der Waals surface area contributed by atoms with Crippen LogP contribution in [0.4, 0.5) is 0 Å². The van der Waals surface area contributed by atoms with Crippen LogP contribution in [0, 0.1) is 0 Å². The molecule has 1 unspecified atom stereocenters. The third kappa shape index (κ3) is 1.56. The number of hydrogen-bond donors (Lipinski definition) is 0. The predicted octanol–water partition coefficient (Wildman–Crippen LogP) is 1.89. The molecule has 4 nitrogen and oxygen atoms in total. The zero-order valence-electron chi connectivity index (χ0n) is 10.2. The van der Waals surface area contributed by atoms with Gasteiger partial charge in [0.2, 0.25) is 0 Å². The van der Waals surface area contributed by atoms with Crippen LogP contribution >= 0.6 is 11.3 Å². The number of fused-ring (bicyclic) bond motifs is 2. The first-order valence-corrected chi connectivity index (χ1v) is 8.25.